The van der Waals surface area contributed by atoms with Gasteiger partial charge in [-0.15, -0.1) is 0 Å². The molecule has 0 amide bonds. The van der Waals surface area contributed by atoms with Crippen molar-refractivity contribution >= 4 is 47.9 Å². The lowest BCUT2D eigenvalue weighted by Crippen LogP contribution is -2.34. The van der Waals surface area contributed by atoms with E-state index in [1.165, 1.54) is 12.1 Å². The molecule has 0 aliphatic carbocycles. The van der Waals surface area contributed by atoms with Crippen molar-refractivity contribution in [3.05, 3.63) is 32.7 Å². The van der Waals surface area contributed by atoms with E-state index in [4.69, 9.17) is 4.55 Å². The van der Waals surface area contributed by atoms with Crippen LogP contribution in [-0.4, -0.2) is 30.8 Å². The Morgan fingerprint density at radius 1 is 1.26 bits per heavy atom. The Hall–Kier alpha value is -0.580. The first-order valence-corrected chi connectivity index (χ1v) is 7.53. The van der Waals surface area contributed by atoms with E-state index < -0.39 is 27.9 Å². The van der Waals surface area contributed by atoms with Gasteiger partial charge in [0.15, 0.2) is 6.61 Å². The van der Waals surface area contributed by atoms with Gasteiger partial charge in [-0.1, -0.05) is 31.9 Å². The summed E-state index contributed by atoms with van der Waals surface area (Å²) in [5, 5.41) is -4.55. The normalized spacial score (nSPS) is 12.3. The summed E-state index contributed by atoms with van der Waals surface area (Å²) in [6.45, 7) is -1.77. The maximum absolute atomic E-state index is 12.8. The fourth-order valence-electron chi connectivity index (χ4n) is 0.979. The molecule has 0 aliphatic heterocycles. The van der Waals surface area contributed by atoms with Crippen LogP contribution >= 0.6 is 31.9 Å². The number of benzene rings is 1. The molecule has 0 aliphatic rings. The molecule has 0 saturated carbocycles. The Bertz CT molecular complexity index is 582. The van der Waals surface area contributed by atoms with Gasteiger partial charge in [0, 0.05) is 8.95 Å². The second-order valence-corrected chi connectivity index (χ2v) is 6.73. The van der Waals surface area contributed by atoms with Gasteiger partial charge in [-0.3, -0.25) is 4.55 Å². The Morgan fingerprint density at radius 3 is 2.16 bits per heavy atom. The van der Waals surface area contributed by atoms with Crippen LogP contribution in [0.3, 0.4) is 0 Å². The standard InChI is InChI=1S/C9H6Br2F2O5S/c10-6-1-5(2-7(11)3-6)8(14)18-4-9(12,13)19(15,16)17/h1-3H,4H2,(H,15,16,17). The minimum Gasteiger partial charge on any atom is -0.454 e. The number of carbonyl (C=O) groups excluding carboxylic acids is 1. The van der Waals surface area contributed by atoms with E-state index in [9.17, 15) is 22.0 Å². The van der Waals surface area contributed by atoms with E-state index in [1.54, 1.807) is 6.07 Å². The monoisotopic (exact) mass is 422 g/mol. The van der Waals surface area contributed by atoms with Crippen molar-refractivity contribution < 1.29 is 31.3 Å². The van der Waals surface area contributed by atoms with Crippen molar-refractivity contribution in [2.75, 3.05) is 6.61 Å². The third-order valence-corrected chi connectivity index (χ3v) is 3.64. The Kier molecular flexibility index (Phi) is 5.04. The lowest BCUT2D eigenvalue weighted by molar-refractivity contribution is -0.00951. The summed E-state index contributed by atoms with van der Waals surface area (Å²) in [7, 11) is -5.63. The molecule has 0 unspecified atom stereocenters. The van der Waals surface area contributed by atoms with Crippen LogP contribution in [0.1, 0.15) is 10.4 Å². The molecule has 19 heavy (non-hydrogen) atoms. The number of halogens is 4. The molecular weight excluding hydrogens is 418 g/mol. The Balaban J connectivity index is 2.82. The number of hydrogen-bond donors (Lipinski definition) is 1. The summed E-state index contributed by atoms with van der Waals surface area (Å²) in [5.41, 5.74) is -0.0626. The molecule has 0 aromatic heterocycles. The summed E-state index contributed by atoms with van der Waals surface area (Å²) in [5.74, 6) is -1.15. The van der Waals surface area contributed by atoms with Crippen LogP contribution in [0, 0.1) is 0 Å². The van der Waals surface area contributed by atoms with Crippen LogP contribution in [0.4, 0.5) is 8.78 Å². The molecule has 0 spiro atoms. The van der Waals surface area contributed by atoms with Crippen molar-refractivity contribution in [3.63, 3.8) is 0 Å². The molecule has 5 nitrogen and oxygen atoms in total. The first kappa shape index (κ1) is 16.5. The number of esters is 1. The largest absolute Gasteiger partial charge is 0.454 e. The highest BCUT2D eigenvalue weighted by molar-refractivity contribution is 9.11. The molecule has 10 heteroatoms. The molecule has 1 rings (SSSR count). The summed E-state index contributed by atoms with van der Waals surface area (Å²) in [4.78, 5) is 11.4. The molecule has 1 aromatic rings. The zero-order valence-corrected chi connectivity index (χ0v) is 12.9. The van der Waals surface area contributed by atoms with Crippen LogP contribution in [0.25, 0.3) is 0 Å². The number of carbonyl (C=O) groups is 1. The summed E-state index contributed by atoms with van der Waals surface area (Å²) < 4.78 is 59.7. The predicted molar refractivity (Wildman–Crippen MR) is 68.6 cm³/mol. The SMILES string of the molecule is O=C(OCC(F)(F)S(=O)(=O)O)c1cc(Br)cc(Br)c1. The van der Waals surface area contributed by atoms with Gasteiger partial charge in [0.25, 0.3) is 0 Å². The number of alkyl halides is 2. The highest BCUT2D eigenvalue weighted by Crippen LogP contribution is 2.23. The topological polar surface area (TPSA) is 80.7 Å². The fraction of sp³-hybridized carbons (Fsp3) is 0.222. The Labute approximate surface area is 123 Å². The van der Waals surface area contributed by atoms with Crippen molar-refractivity contribution in [1.82, 2.24) is 0 Å². The molecule has 0 heterocycles. The van der Waals surface area contributed by atoms with Crippen molar-refractivity contribution in [1.29, 1.82) is 0 Å². The third-order valence-electron chi connectivity index (χ3n) is 1.85. The average molecular weight is 424 g/mol. The van der Waals surface area contributed by atoms with Crippen LogP contribution in [0.5, 0.6) is 0 Å². The van der Waals surface area contributed by atoms with E-state index >= 15 is 0 Å². The summed E-state index contributed by atoms with van der Waals surface area (Å²) in [6.07, 6.45) is 0. The highest BCUT2D eigenvalue weighted by Gasteiger charge is 2.45. The molecule has 1 N–H and O–H groups in total. The molecule has 0 atom stereocenters. The van der Waals surface area contributed by atoms with Crippen LogP contribution < -0.4 is 0 Å². The van der Waals surface area contributed by atoms with Gasteiger partial charge < -0.3 is 4.74 Å². The molecule has 0 fully saturated rings. The summed E-state index contributed by atoms with van der Waals surface area (Å²) in [6, 6.07) is 4.21. The minimum atomic E-state index is -5.63. The lowest BCUT2D eigenvalue weighted by Gasteiger charge is -2.13. The fourth-order valence-corrected chi connectivity index (χ4v) is 2.48. The van der Waals surface area contributed by atoms with Crippen molar-refractivity contribution in [3.8, 4) is 0 Å². The van der Waals surface area contributed by atoms with Gasteiger partial charge in [-0.2, -0.15) is 17.2 Å². The van der Waals surface area contributed by atoms with Gasteiger partial charge in [-0.05, 0) is 18.2 Å². The average Bonchev–Trinajstić information content (AvgIpc) is 2.23. The second-order valence-electron chi connectivity index (χ2n) is 3.35. The van der Waals surface area contributed by atoms with E-state index in [0.717, 1.165) is 0 Å². The molecular formula is C9H6Br2F2O5S. The van der Waals surface area contributed by atoms with Gasteiger partial charge >= 0.3 is 21.3 Å². The molecule has 0 radical (unpaired) electrons. The molecule has 1 aromatic carbocycles. The molecule has 0 bridgehead atoms. The van der Waals surface area contributed by atoms with Crippen LogP contribution in [0.15, 0.2) is 27.1 Å². The van der Waals surface area contributed by atoms with Gasteiger partial charge in [0.2, 0.25) is 0 Å². The number of ether oxygens (including phenoxy) is 1. The second kappa shape index (κ2) is 5.81. The highest BCUT2D eigenvalue weighted by atomic mass is 79.9. The first-order valence-electron chi connectivity index (χ1n) is 4.51. The predicted octanol–water partition coefficient (Wildman–Crippen LogP) is 2.85. The molecule has 106 valence electrons. The molecule has 0 saturated heterocycles. The summed E-state index contributed by atoms with van der Waals surface area (Å²) >= 11 is 6.16. The van der Waals surface area contributed by atoms with Gasteiger partial charge in [-0.25, -0.2) is 4.79 Å². The lowest BCUT2D eigenvalue weighted by atomic mass is 10.2. The maximum Gasteiger partial charge on any atom is 0.402 e. The van der Waals surface area contributed by atoms with Crippen molar-refractivity contribution in [2.45, 2.75) is 5.25 Å². The zero-order chi connectivity index (χ0) is 14.8. The first-order chi connectivity index (χ1) is 8.53. The van der Waals surface area contributed by atoms with Crippen LogP contribution in [-0.2, 0) is 14.9 Å². The van der Waals surface area contributed by atoms with E-state index in [1.807, 2.05) is 0 Å². The quantitative estimate of drug-likeness (QED) is 0.594. The third kappa shape index (κ3) is 4.48. The van der Waals surface area contributed by atoms with Crippen molar-refractivity contribution in [2.24, 2.45) is 0 Å². The minimum absolute atomic E-state index is 0.0626. The number of hydrogen-bond acceptors (Lipinski definition) is 4. The Morgan fingerprint density at radius 2 is 1.74 bits per heavy atom. The maximum atomic E-state index is 12.8. The van der Waals surface area contributed by atoms with E-state index in [-0.39, 0.29) is 5.56 Å². The van der Waals surface area contributed by atoms with E-state index in [0.29, 0.717) is 8.95 Å². The number of rotatable bonds is 4. The smallest absolute Gasteiger partial charge is 0.402 e. The van der Waals surface area contributed by atoms with E-state index in [2.05, 4.69) is 36.6 Å². The zero-order valence-electron chi connectivity index (χ0n) is 8.94. The van der Waals surface area contributed by atoms with Gasteiger partial charge in [0.1, 0.15) is 0 Å². The van der Waals surface area contributed by atoms with Gasteiger partial charge in [0.05, 0.1) is 5.56 Å². The van der Waals surface area contributed by atoms with Crippen LogP contribution in [0.2, 0.25) is 0 Å².